The van der Waals surface area contributed by atoms with Crippen molar-refractivity contribution >= 4 is 17.9 Å². The van der Waals surface area contributed by atoms with E-state index in [4.69, 9.17) is 0 Å². The van der Waals surface area contributed by atoms with Crippen molar-refractivity contribution in [1.82, 2.24) is 0 Å². The van der Waals surface area contributed by atoms with Gasteiger partial charge in [-0.1, -0.05) is 72.3 Å². The van der Waals surface area contributed by atoms with Crippen LogP contribution in [0.15, 0.2) is 66.7 Å². The molecule has 1 nitrogen and oxygen atoms in total. The van der Waals surface area contributed by atoms with Gasteiger partial charge in [0.2, 0.25) is 0 Å². The fraction of sp³-hybridized carbons (Fsp3) is 0.0556. The third kappa shape index (κ3) is 3.78. The highest BCUT2D eigenvalue weighted by Crippen LogP contribution is 2.16. The molecule has 2 aromatic carbocycles. The number of rotatable bonds is 4. The number of carbonyl (C=O) groups excluding carboxylic acids is 1. The summed E-state index contributed by atoms with van der Waals surface area (Å²) in [6.07, 6.45) is 6.39. The molecule has 0 radical (unpaired) electrons. The Morgan fingerprint density at radius 1 is 0.947 bits per heavy atom. The first-order valence-electron chi connectivity index (χ1n) is 6.25. The second kappa shape index (κ2) is 6.50. The molecule has 0 unspecified atom stereocenters. The Morgan fingerprint density at radius 3 is 2.26 bits per heavy atom. The third-order valence-electron chi connectivity index (χ3n) is 2.89. The quantitative estimate of drug-likeness (QED) is 0.448. The molecule has 0 bridgehead atoms. The average molecular weight is 248 g/mol. The van der Waals surface area contributed by atoms with Gasteiger partial charge in [0.25, 0.3) is 0 Å². The molecule has 94 valence electrons. The highest BCUT2D eigenvalue weighted by molar-refractivity contribution is 5.88. The van der Waals surface area contributed by atoms with E-state index >= 15 is 0 Å². The van der Waals surface area contributed by atoms with Crippen molar-refractivity contribution in [2.75, 3.05) is 0 Å². The topological polar surface area (TPSA) is 17.1 Å². The van der Waals surface area contributed by atoms with Crippen molar-refractivity contribution in [1.29, 1.82) is 0 Å². The lowest BCUT2D eigenvalue weighted by Crippen LogP contribution is -1.81. The minimum absolute atomic E-state index is 0.821. The maximum atomic E-state index is 10.7. The Balaban J connectivity index is 2.25. The number of benzene rings is 2. The SMILES string of the molecule is Cc1ccc(/C=C/C(=C/C=O)c2ccccc2)cc1. The summed E-state index contributed by atoms with van der Waals surface area (Å²) in [5.74, 6) is 0. The van der Waals surface area contributed by atoms with Gasteiger partial charge in [-0.2, -0.15) is 0 Å². The molecule has 0 spiro atoms. The zero-order chi connectivity index (χ0) is 13.5. The van der Waals surface area contributed by atoms with Gasteiger partial charge in [-0.25, -0.2) is 0 Å². The van der Waals surface area contributed by atoms with E-state index in [2.05, 4.69) is 31.2 Å². The number of allylic oxidation sites excluding steroid dienone is 3. The molecule has 0 aliphatic rings. The molecular formula is C18H16O. The maximum Gasteiger partial charge on any atom is 0.143 e. The van der Waals surface area contributed by atoms with Crippen LogP contribution in [0, 0.1) is 6.92 Å². The fourth-order valence-electron chi connectivity index (χ4n) is 1.82. The molecule has 19 heavy (non-hydrogen) atoms. The lowest BCUT2D eigenvalue weighted by molar-refractivity contribution is -0.104. The minimum Gasteiger partial charge on any atom is -0.299 e. The number of hydrogen-bond acceptors (Lipinski definition) is 1. The molecule has 2 aromatic rings. The van der Waals surface area contributed by atoms with E-state index in [1.165, 1.54) is 5.56 Å². The molecule has 0 aliphatic heterocycles. The van der Waals surface area contributed by atoms with E-state index in [9.17, 15) is 4.79 Å². The summed E-state index contributed by atoms with van der Waals surface area (Å²) in [7, 11) is 0. The van der Waals surface area contributed by atoms with Gasteiger partial charge in [-0.3, -0.25) is 4.79 Å². The second-order valence-corrected chi connectivity index (χ2v) is 4.37. The van der Waals surface area contributed by atoms with E-state index in [-0.39, 0.29) is 0 Å². The van der Waals surface area contributed by atoms with Gasteiger partial charge in [0.15, 0.2) is 0 Å². The van der Waals surface area contributed by atoms with E-state index < -0.39 is 0 Å². The third-order valence-corrected chi connectivity index (χ3v) is 2.89. The van der Waals surface area contributed by atoms with Crippen molar-refractivity contribution in [3.8, 4) is 0 Å². The number of aryl methyl sites for hydroxylation is 1. The maximum absolute atomic E-state index is 10.7. The summed E-state index contributed by atoms with van der Waals surface area (Å²) in [5.41, 5.74) is 4.32. The van der Waals surface area contributed by atoms with Gasteiger partial charge in [0.1, 0.15) is 6.29 Å². The number of hydrogen-bond donors (Lipinski definition) is 0. The summed E-state index contributed by atoms with van der Waals surface area (Å²) in [5, 5.41) is 0. The molecule has 0 atom stereocenters. The molecule has 1 heteroatoms. The van der Waals surface area contributed by atoms with Crippen LogP contribution in [-0.4, -0.2) is 6.29 Å². The van der Waals surface area contributed by atoms with Gasteiger partial charge in [0, 0.05) is 0 Å². The molecule has 0 saturated carbocycles. The predicted octanol–water partition coefficient (Wildman–Crippen LogP) is 4.29. The van der Waals surface area contributed by atoms with Crippen LogP contribution in [0.5, 0.6) is 0 Å². The molecule has 2 rings (SSSR count). The van der Waals surface area contributed by atoms with Gasteiger partial charge >= 0.3 is 0 Å². The van der Waals surface area contributed by atoms with Crippen molar-refractivity contribution in [2.24, 2.45) is 0 Å². The van der Waals surface area contributed by atoms with Gasteiger partial charge in [-0.15, -0.1) is 0 Å². The summed E-state index contributed by atoms with van der Waals surface area (Å²) in [4.78, 5) is 10.7. The molecular weight excluding hydrogens is 232 g/mol. The van der Waals surface area contributed by atoms with Crippen molar-refractivity contribution < 1.29 is 4.79 Å². The first-order chi connectivity index (χ1) is 9.29. The summed E-state index contributed by atoms with van der Waals surface area (Å²) >= 11 is 0. The predicted molar refractivity (Wildman–Crippen MR) is 80.7 cm³/mol. The second-order valence-electron chi connectivity index (χ2n) is 4.37. The zero-order valence-electron chi connectivity index (χ0n) is 10.9. The molecule has 0 N–H and O–H groups in total. The van der Waals surface area contributed by atoms with Crippen LogP contribution < -0.4 is 0 Å². The Bertz CT molecular complexity index is 589. The Kier molecular flexibility index (Phi) is 4.46. The van der Waals surface area contributed by atoms with E-state index in [0.29, 0.717) is 0 Å². The summed E-state index contributed by atoms with van der Waals surface area (Å²) in [6, 6.07) is 18.2. The first kappa shape index (κ1) is 13.0. The highest BCUT2D eigenvalue weighted by atomic mass is 16.1. The highest BCUT2D eigenvalue weighted by Gasteiger charge is 1.96. The van der Waals surface area contributed by atoms with Gasteiger partial charge in [0.05, 0.1) is 0 Å². The number of aldehydes is 1. The molecule has 0 fully saturated rings. The van der Waals surface area contributed by atoms with Crippen molar-refractivity contribution in [3.63, 3.8) is 0 Å². The standard InChI is InChI=1S/C18H16O/c1-15-7-9-16(10-8-15)11-12-18(13-14-19)17-5-3-2-4-6-17/h2-14H,1H3/b12-11+,18-13-. The van der Waals surface area contributed by atoms with Crippen LogP contribution >= 0.6 is 0 Å². The van der Waals surface area contributed by atoms with Gasteiger partial charge in [-0.05, 0) is 29.7 Å². The van der Waals surface area contributed by atoms with Crippen LogP contribution in [0.1, 0.15) is 16.7 Å². The Labute approximate surface area is 113 Å². The van der Waals surface area contributed by atoms with Crippen molar-refractivity contribution in [3.05, 3.63) is 83.4 Å². The van der Waals surface area contributed by atoms with Crippen molar-refractivity contribution in [2.45, 2.75) is 6.92 Å². The summed E-state index contributed by atoms with van der Waals surface area (Å²) < 4.78 is 0. The largest absolute Gasteiger partial charge is 0.299 e. The molecule has 0 saturated heterocycles. The zero-order valence-corrected chi connectivity index (χ0v) is 10.9. The molecule has 0 amide bonds. The minimum atomic E-state index is 0.821. The van der Waals surface area contributed by atoms with E-state index in [1.807, 2.05) is 42.5 Å². The summed E-state index contributed by atoms with van der Waals surface area (Å²) in [6.45, 7) is 2.06. The average Bonchev–Trinajstić information content (AvgIpc) is 2.46. The Hall–Kier alpha value is -2.41. The van der Waals surface area contributed by atoms with Crippen LogP contribution in [0.2, 0.25) is 0 Å². The molecule has 0 aliphatic carbocycles. The Morgan fingerprint density at radius 2 is 1.63 bits per heavy atom. The van der Waals surface area contributed by atoms with Crippen LogP contribution in [0.25, 0.3) is 11.6 Å². The van der Waals surface area contributed by atoms with Gasteiger partial charge < -0.3 is 0 Å². The van der Waals surface area contributed by atoms with E-state index in [1.54, 1.807) is 6.08 Å². The first-order valence-corrected chi connectivity index (χ1v) is 6.25. The fourth-order valence-corrected chi connectivity index (χ4v) is 1.82. The molecule has 0 aromatic heterocycles. The normalized spacial score (nSPS) is 11.7. The lowest BCUT2D eigenvalue weighted by Gasteiger charge is -2.01. The monoisotopic (exact) mass is 248 g/mol. The smallest absolute Gasteiger partial charge is 0.143 e. The van der Waals surface area contributed by atoms with E-state index in [0.717, 1.165) is 23.0 Å². The number of carbonyl (C=O) groups is 1. The van der Waals surface area contributed by atoms with Crippen LogP contribution in [-0.2, 0) is 4.79 Å². The lowest BCUT2D eigenvalue weighted by atomic mass is 10.0. The van der Waals surface area contributed by atoms with Crippen LogP contribution in [0.3, 0.4) is 0 Å². The van der Waals surface area contributed by atoms with Crippen LogP contribution in [0.4, 0.5) is 0 Å². The molecule has 0 heterocycles.